The van der Waals surface area contributed by atoms with Gasteiger partial charge in [-0.15, -0.1) is 0 Å². The van der Waals surface area contributed by atoms with Gasteiger partial charge < -0.3 is 4.74 Å². The van der Waals surface area contributed by atoms with Crippen molar-refractivity contribution in [2.24, 2.45) is 11.8 Å². The van der Waals surface area contributed by atoms with E-state index >= 15 is 0 Å². The van der Waals surface area contributed by atoms with Crippen molar-refractivity contribution in [3.05, 3.63) is 0 Å². The van der Waals surface area contributed by atoms with E-state index in [1.165, 1.54) is 64.2 Å². The van der Waals surface area contributed by atoms with Gasteiger partial charge in [0.2, 0.25) is 0 Å². The molecule has 1 nitrogen and oxygen atoms in total. The molecule has 3 aliphatic rings. The van der Waals surface area contributed by atoms with Crippen LogP contribution in [-0.2, 0) is 4.74 Å². The topological polar surface area (TPSA) is 9.23 Å². The smallest absolute Gasteiger partial charge is 0.0685 e. The summed E-state index contributed by atoms with van der Waals surface area (Å²) in [5.41, 5.74) is 0.302. The largest absolute Gasteiger partial charge is 0.375 e. The fourth-order valence-electron chi connectivity index (χ4n) is 4.45. The van der Waals surface area contributed by atoms with Crippen LogP contribution < -0.4 is 0 Å². The van der Waals surface area contributed by atoms with Crippen LogP contribution in [-0.4, -0.2) is 17.0 Å². The Morgan fingerprint density at radius 3 is 2.47 bits per heavy atom. The Labute approximate surface area is 114 Å². The third-order valence-electron chi connectivity index (χ3n) is 5.38. The van der Waals surface area contributed by atoms with Gasteiger partial charge in [0, 0.05) is 11.4 Å². The minimum absolute atomic E-state index is 0.302. The summed E-state index contributed by atoms with van der Waals surface area (Å²) in [5, 5.41) is 0. The van der Waals surface area contributed by atoms with Crippen molar-refractivity contribution in [2.75, 3.05) is 6.61 Å². The average Bonchev–Trinajstić information content (AvgIpc) is 2.77. The van der Waals surface area contributed by atoms with E-state index in [-0.39, 0.29) is 0 Å². The van der Waals surface area contributed by atoms with Crippen LogP contribution in [0.1, 0.15) is 64.2 Å². The summed E-state index contributed by atoms with van der Waals surface area (Å²) in [6.45, 7) is 1.03. The van der Waals surface area contributed by atoms with Crippen molar-refractivity contribution >= 4 is 15.9 Å². The van der Waals surface area contributed by atoms with Crippen LogP contribution in [0.5, 0.6) is 0 Å². The Morgan fingerprint density at radius 2 is 1.76 bits per heavy atom. The maximum Gasteiger partial charge on any atom is 0.0685 e. The van der Waals surface area contributed by atoms with Gasteiger partial charge in [-0.25, -0.2) is 0 Å². The van der Waals surface area contributed by atoms with E-state index in [1.54, 1.807) is 0 Å². The molecule has 0 aromatic heterocycles. The van der Waals surface area contributed by atoms with Crippen molar-refractivity contribution in [2.45, 2.75) is 74.6 Å². The van der Waals surface area contributed by atoms with E-state index in [0.29, 0.717) is 5.60 Å². The first-order valence-electron chi connectivity index (χ1n) is 7.57. The highest BCUT2D eigenvalue weighted by molar-refractivity contribution is 9.09. The summed E-state index contributed by atoms with van der Waals surface area (Å²) in [5.74, 6) is 1.88. The van der Waals surface area contributed by atoms with Gasteiger partial charge in [0.05, 0.1) is 5.60 Å². The monoisotopic (exact) mass is 300 g/mol. The summed E-state index contributed by atoms with van der Waals surface area (Å²) in [7, 11) is 0. The van der Waals surface area contributed by atoms with Gasteiger partial charge in [-0.2, -0.15) is 0 Å². The molecule has 1 spiro atoms. The van der Waals surface area contributed by atoms with E-state index in [9.17, 15) is 0 Å². The zero-order valence-corrected chi connectivity index (χ0v) is 12.4. The molecule has 0 aromatic rings. The highest BCUT2D eigenvalue weighted by Gasteiger charge is 2.42. The lowest BCUT2D eigenvalue weighted by Crippen LogP contribution is -2.43. The Morgan fingerprint density at radius 1 is 0.941 bits per heavy atom. The minimum Gasteiger partial charge on any atom is -0.375 e. The maximum absolute atomic E-state index is 6.22. The average molecular weight is 301 g/mol. The van der Waals surface area contributed by atoms with Crippen LogP contribution in [0.4, 0.5) is 0 Å². The first-order valence-corrected chi connectivity index (χ1v) is 8.49. The highest BCUT2D eigenvalue weighted by atomic mass is 79.9. The molecular formula is C15H25BrO. The zero-order valence-electron chi connectivity index (χ0n) is 10.8. The van der Waals surface area contributed by atoms with Crippen molar-refractivity contribution < 1.29 is 4.74 Å². The lowest BCUT2D eigenvalue weighted by atomic mass is 9.72. The van der Waals surface area contributed by atoms with Crippen molar-refractivity contribution in [1.82, 2.24) is 0 Å². The molecule has 3 rings (SSSR count). The highest BCUT2D eigenvalue weighted by Crippen LogP contribution is 2.47. The number of hydrogen-bond acceptors (Lipinski definition) is 1. The fourth-order valence-corrected chi connectivity index (χ4v) is 5.47. The molecule has 1 heterocycles. The van der Waals surface area contributed by atoms with Crippen molar-refractivity contribution in [3.63, 3.8) is 0 Å². The SMILES string of the molecule is BrC1CCCC1C1CCOC2(CCCCC2)C1. The molecule has 2 saturated carbocycles. The van der Waals surface area contributed by atoms with Crippen molar-refractivity contribution in [3.8, 4) is 0 Å². The second-order valence-electron chi connectivity index (χ2n) is 6.46. The molecule has 2 heteroatoms. The van der Waals surface area contributed by atoms with Gasteiger partial charge in [-0.1, -0.05) is 41.6 Å². The summed E-state index contributed by atoms with van der Waals surface area (Å²) < 4.78 is 6.22. The van der Waals surface area contributed by atoms with E-state index in [2.05, 4.69) is 15.9 Å². The second kappa shape index (κ2) is 5.21. The molecule has 3 fully saturated rings. The number of halogens is 1. The van der Waals surface area contributed by atoms with Gasteiger partial charge in [0.15, 0.2) is 0 Å². The summed E-state index contributed by atoms with van der Waals surface area (Å²) in [6.07, 6.45) is 13.9. The normalized spacial score (nSPS) is 41.8. The third-order valence-corrected chi connectivity index (χ3v) is 6.52. The molecule has 2 aliphatic carbocycles. The molecule has 0 bridgehead atoms. The molecule has 0 radical (unpaired) electrons. The van der Waals surface area contributed by atoms with Gasteiger partial charge in [0.1, 0.15) is 0 Å². The van der Waals surface area contributed by atoms with E-state index in [1.807, 2.05) is 0 Å². The van der Waals surface area contributed by atoms with E-state index < -0.39 is 0 Å². The molecule has 1 aliphatic heterocycles. The van der Waals surface area contributed by atoms with Crippen LogP contribution in [0.3, 0.4) is 0 Å². The van der Waals surface area contributed by atoms with Crippen molar-refractivity contribution in [1.29, 1.82) is 0 Å². The zero-order chi connectivity index (χ0) is 11.7. The first-order chi connectivity index (χ1) is 8.29. The molecule has 98 valence electrons. The van der Waals surface area contributed by atoms with Crippen LogP contribution in [0.25, 0.3) is 0 Å². The maximum atomic E-state index is 6.22. The Bertz CT molecular complexity index is 254. The number of alkyl halides is 1. The molecule has 17 heavy (non-hydrogen) atoms. The van der Waals surface area contributed by atoms with Crippen LogP contribution >= 0.6 is 15.9 Å². The Kier molecular flexibility index (Phi) is 3.82. The third kappa shape index (κ3) is 2.58. The fraction of sp³-hybridized carbons (Fsp3) is 1.00. The second-order valence-corrected chi connectivity index (χ2v) is 7.63. The molecule has 3 unspecified atom stereocenters. The predicted octanol–water partition coefficient (Wildman–Crippen LogP) is 4.68. The van der Waals surface area contributed by atoms with Gasteiger partial charge in [-0.05, 0) is 50.4 Å². The summed E-state index contributed by atoms with van der Waals surface area (Å²) in [6, 6.07) is 0. The molecule has 3 atom stereocenters. The minimum atomic E-state index is 0.302. The van der Waals surface area contributed by atoms with Crippen LogP contribution in [0, 0.1) is 11.8 Å². The summed E-state index contributed by atoms with van der Waals surface area (Å²) in [4.78, 5) is 0.797. The van der Waals surface area contributed by atoms with Gasteiger partial charge in [-0.3, -0.25) is 0 Å². The standard InChI is InChI=1S/C15H25BrO/c16-14-6-4-5-13(14)12-7-10-17-15(11-12)8-2-1-3-9-15/h12-14H,1-11H2. The predicted molar refractivity (Wildman–Crippen MR) is 74.5 cm³/mol. The first kappa shape index (κ1) is 12.5. The molecule has 0 N–H and O–H groups in total. The lowest BCUT2D eigenvalue weighted by molar-refractivity contribution is -0.124. The molecule has 1 saturated heterocycles. The van der Waals surface area contributed by atoms with Crippen LogP contribution in [0.15, 0.2) is 0 Å². The Balaban J connectivity index is 1.66. The molecular weight excluding hydrogens is 276 g/mol. The van der Waals surface area contributed by atoms with Gasteiger partial charge >= 0.3 is 0 Å². The van der Waals surface area contributed by atoms with E-state index in [0.717, 1.165) is 23.3 Å². The van der Waals surface area contributed by atoms with Gasteiger partial charge in [0.25, 0.3) is 0 Å². The van der Waals surface area contributed by atoms with Crippen LogP contribution in [0.2, 0.25) is 0 Å². The number of ether oxygens (including phenoxy) is 1. The number of hydrogen-bond donors (Lipinski definition) is 0. The number of rotatable bonds is 1. The van der Waals surface area contributed by atoms with E-state index in [4.69, 9.17) is 4.74 Å². The lowest BCUT2D eigenvalue weighted by Gasteiger charge is -2.45. The molecule has 0 amide bonds. The quantitative estimate of drug-likeness (QED) is 0.639. The Hall–Kier alpha value is 0.440. The molecule has 0 aromatic carbocycles. The summed E-state index contributed by atoms with van der Waals surface area (Å²) >= 11 is 3.91.